The third-order valence-corrected chi connectivity index (χ3v) is 4.81. The summed E-state index contributed by atoms with van der Waals surface area (Å²) in [4.78, 5) is 29.6. The first kappa shape index (κ1) is 17.0. The molecule has 0 radical (unpaired) electrons. The molecule has 0 unspecified atom stereocenters. The molecule has 3 heterocycles. The fraction of sp³-hybridized carbons (Fsp3) is 0.0455. The molecule has 29 heavy (non-hydrogen) atoms. The third kappa shape index (κ3) is 2.71. The topological polar surface area (TPSA) is 85.8 Å². The zero-order valence-corrected chi connectivity index (χ0v) is 15.4. The van der Waals surface area contributed by atoms with Crippen LogP contribution in [0.3, 0.4) is 0 Å². The van der Waals surface area contributed by atoms with Crippen LogP contribution in [0, 0.1) is 0 Å². The van der Waals surface area contributed by atoms with E-state index in [2.05, 4.69) is 10.3 Å². The van der Waals surface area contributed by atoms with Crippen molar-refractivity contribution in [3.05, 3.63) is 82.9 Å². The van der Waals surface area contributed by atoms with Crippen molar-refractivity contribution < 1.29 is 13.9 Å². The number of anilines is 1. The maximum atomic E-state index is 12.8. The van der Waals surface area contributed by atoms with Crippen LogP contribution in [-0.4, -0.2) is 22.4 Å². The van der Waals surface area contributed by atoms with Crippen molar-refractivity contribution in [2.75, 3.05) is 12.4 Å². The summed E-state index contributed by atoms with van der Waals surface area (Å²) in [5.41, 5.74) is 1.70. The monoisotopic (exact) mass is 385 g/mol. The van der Waals surface area contributed by atoms with Crippen LogP contribution in [0.1, 0.15) is 10.4 Å². The summed E-state index contributed by atoms with van der Waals surface area (Å²) in [6.45, 7) is 0. The number of pyridine rings is 1. The number of fused-ring (bicyclic) bond motifs is 4. The number of rotatable bonds is 3. The van der Waals surface area contributed by atoms with Crippen molar-refractivity contribution in [1.82, 2.24) is 9.38 Å². The Morgan fingerprint density at radius 3 is 2.76 bits per heavy atom. The highest BCUT2D eigenvalue weighted by atomic mass is 16.5. The van der Waals surface area contributed by atoms with Crippen LogP contribution in [0.15, 0.2) is 76.2 Å². The minimum absolute atomic E-state index is 0.0690. The normalized spacial score (nSPS) is 11.2. The van der Waals surface area contributed by atoms with E-state index in [1.807, 2.05) is 30.3 Å². The van der Waals surface area contributed by atoms with E-state index < -0.39 is 11.5 Å². The van der Waals surface area contributed by atoms with Crippen molar-refractivity contribution in [2.45, 2.75) is 0 Å². The summed E-state index contributed by atoms with van der Waals surface area (Å²) in [6.07, 6.45) is 2.85. The van der Waals surface area contributed by atoms with Gasteiger partial charge in [0.2, 0.25) is 0 Å². The number of carbonyl (C=O) groups excluding carboxylic acids is 1. The number of hydrogen-bond donors (Lipinski definition) is 1. The Kier molecular flexibility index (Phi) is 3.80. The molecule has 1 amide bonds. The minimum atomic E-state index is -0.575. The number of carbonyl (C=O) groups is 1. The smallest absolute Gasteiger partial charge is 0.270 e. The van der Waals surface area contributed by atoms with Gasteiger partial charge >= 0.3 is 0 Å². The van der Waals surface area contributed by atoms with Crippen LogP contribution < -0.4 is 15.6 Å². The van der Waals surface area contributed by atoms with Crippen molar-refractivity contribution in [1.29, 1.82) is 0 Å². The maximum Gasteiger partial charge on any atom is 0.270 e. The van der Waals surface area contributed by atoms with Crippen molar-refractivity contribution >= 4 is 39.2 Å². The summed E-state index contributed by atoms with van der Waals surface area (Å²) in [6, 6.07) is 16.3. The highest BCUT2D eigenvalue weighted by molar-refractivity contribution is 6.09. The highest BCUT2D eigenvalue weighted by Gasteiger charge is 2.17. The molecule has 0 spiro atoms. The van der Waals surface area contributed by atoms with E-state index >= 15 is 0 Å². The lowest BCUT2D eigenvalue weighted by atomic mass is 10.1. The number of hydrogen-bond acceptors (Lipinski definition) is 5. The van der Waals surface area contributed by atoms with Crippen LogP contribution >= 0.6 is 0 Å². The fourth-order valence-corrected chi connectivity index (χ4v) is 3.39. The van der Waals surface area contributed by atoms with E-state index in [-0.39, 0.29) is 5.56 Å². The number of methoxy groups -OCH3 is 1. The highest BCUT2D eigenvalue weighted by Crippen LogP contribution is 2.36. The molecular weight excluding hydrogens is 370 g/mol. The van der Waals surface area contributed by atoms with Crippen LogP contribution in [0.5, 0.6) is 5.75 Å². The first-order valence-electron chi connectivity index (χ1n) is 8.93. The molecular formula is C22H15N3O4. The summed E-state index contributed by atoms with van der Waals surface area (Å²) >= 11 is 0. The fourth-order valence-electron chi connectivity index (χ4n) is 3.39. The van der Waals surface area contributed by atoms with Gasteiger partial charge < -0.3 is 14.5 Å². The quantitative estimate of drug-likeness (QED) is 0.510. The number of nitrogens with one attached hydrogen (secondary N) is 1. The van der Waals surface area contributed by atoms with E-state index in [0.29, 0.717) is 22.7 Å². The molecule has 0 fully saturated rings. The van der Waals surface area contributed by atoms with E-state index in [4.69, 9.17) is 9.15 Å². The SMILES string of the molecule is COc1cc2c(cc1NC(=O)c1cnc3ccccn3c1=O)oc1ccccc12. The molecule has 3 aromatic heterocycles. The van der Waals surface area contributed by atoms with Gasteiger partial charge in [0.25, 0.3) is 11.5 Å². The Morgan fingerprint density at radius 2 is 1.90 bits per heavy atom. The second kappa shape index (κ2) is 6.49. The van der Waals surface area contributed by atoms with Gasteiger partial charge in [-0.2, -0.15) is 0 Å². The Balaban J connectivity index is 1.59. The Labute approximate surface area is 164 Å². The van der Waals surface area contributed by atoms with Gasteiger partial charge in [-0.3, -0.25) is 14.0 Å². The standard InChI is InChI=1S/C22H15N3O4/c1-28-19-10-14-13-6-2-3-7-17(13)29-18(14)11-16(19)24-21(26)15-12-23-20-8-4-5-9-25(20)22(15)27/h2-12H,1H3,(H,24,26). The van der Waals surface area contributed by atoms with Gasteiger partial charge in [-0.05, 0) is 24.3 Å². The van der Waals surface area contributed by atoms with Crippen LogP contribution in [0.2, 0.25) is 0 Å². The zero-order chi connectivity index (χ0) is 20.0. The number of aromatic nitrogens is 2. The van der Waals surface area contributed by atoms with Gasteiger partial charge in [-0.25, -0.2) is 4.98 Å². The second-order valence-corrected chi connectivity index (χ2v) is 6.51. The predicted octanol–water partition coefficient (Wildman–Crippen LogP) is 3.85. The molecule has 7 nitrogen and oxygen atoms in total. The van der Waals surface area contributed by atoms with Gasteiger partial charge in [0.05, 0.1) is 12.8 Å². The lowest BCUT2D eigenvalue weighted by Crippen LogP contribution is -2.26. The maximum absolute atomic E-state index is 12.8. The van der Waals surface area contributed by atoms with E-state index in [0.717, 1.165) is 16.4 Å². The molecule has 0 aliphatic rings. The van der Waals surface area contributed by atoms with Gasteiger partial charge in [0, 0.05) is 29.2 Å². The lowest BCUT2D eigenvalue weighted by molar-refractivity contribution is 0.102. The predicted molar refractivity (Wildman–Crippen MR) is 110 cm³/mol. The molecule has 5 rings (SSSR count). The first-order chi connectivity index (χ1) is 14.2. The average molecular weight is 385 g/mol. The number of ether oxygens (including phenoxy) is 1. The van der Waals surface area contributed by atoms with Crippen molar-refractivity contribution in [3.8, 4) is 5.75 Å². The van der Waals surface area contributed by atoms with Gasteiger partial charge in [0.1, 0.15) is 28.1 Å². The van der Waals surface area contributed by atoms with E-state index in [1.165, 1.54) is 17.7 Å². The summed E-state index contributed by atoms with van der Waals surface area (Å²) in [5.74, 6) is -0.110. The average Bonchev–Trinajstić information content (AvgIpc) is 3.11. The lowest BCUT2D eigenvalue weighted by Gasteiger charge is -2.10. The molecule has 5 aromatic rings. The second-order valence-electron chi connectivity index (χ2n) is 6.51. The molecule has 0 saturated carbocycles. The molecule has 0 aliphatic carbocycles. The van der Waals surface area contributed by atoms with Gasteiger partial charge in [-0.15, -0.1) is 0 Å². The molecule has 1 N–H and O–H groups in total. The molecule has 0 atom stereocenters. The number of furan rings is 1. The first-order valence-corrected chi connectivity index (χ1v) is 8.93. The van der Waals surface area contributed by atoms with Gasteiger partial charge in [0.15, 0.2) is 0 Å². The van der Waals surface area contributed by atoms with Crippen LogP contribution in [-0.2, 0) is 0 Å². The third-order valence-electron chi connectivity index (χ3n) is 4.81. The molecule has 0 bridgehead atoms. The zero-order valence-electron chi connectivity index (χ0n) is 15.4. The Morgan fingerprint density at radius 1 is 1.07 bits per heavy atom. The minimum Gasteiger partial charge on any atom is -0.495 e. The molecule has 142 valence electrons. The van der Waals surface area contributed by atoms with Crippen LogP contribution in [0.25, 0.3) is 27.6 Å². The van der Waals surface area contributed by atoms with Crippen LogP contribution in [0.4, 0.5) is 5.69 Å². The molecule has 7 heteroatoms. The summed E-state index contributed by atoms with van der Waals surface area (Å²) in [5, 5.41) is 4.57. The molecule has 2 aromatic carbocycles. The number of nitrogens with zero attached hydrogens (tertiary/aromatic N) is 2. The van der Waals surface area contributed by atoms with E-state index in [1.54, 1.807) is 30.5 Å². The molecule has 0 saturated heterocycles. The number of amides is 1. The summed E-state index contributed by atoms with van der Waals surface area (Å²) in [7, 11) is 1.52. The molecule has 0 aliphatic heterocycles. The van der Waals surface area contributed by atoms with Gasteiger partial charge in [-0.1, -0.05) is 24.3 Å². The number of benzene rings is 2. The van der Waals surface area contributed by atoms with Crippen molar-refractivity contribution in [3.63, 3.8) is 0 Å². The number of para-hydroxylation sites is 1. The Hall–Kier alpha value is -4.13. The van der Waals surface area contributed by atoms with Crippen molar-refractivity contribution in [2.24, 2.45) is 0 Å². The van der Waals surface area contributed by atoms with E-state index in [9.17, 15) is 9.59 Å². The summed E-state index contributed by atoms with van der Waals surface area (Å²) < 4.78 is 12.7. The largest absolute Gasteiger partial charge is 0.495 e. The Bertz CT molecular complexity index is 1470.